The van der Waals surface area contributed by atoms with Crippen LogP contribution in [0, 0.1) is 0 Å². The topological polar surface area (TPSA) is 32.3 Å². The van der Waals surface area contributed by atoms with Crippen molar-refractivity contribution in [3.05, 3.63) is 103 Å². The van der Waals surface area contributed by atoms with Crippen molar-refractivity contribution in [3.8, 4) is 0 Å². The quantitative estimate of drug-likeness (QED) is 0.644. The van der Waals surface area contributed by atoms with Gasteiger partial charge in [-0.1, -0.05) is 61.2 Å². The third kappa shape index (κ3) is 4.15. The van der Waals surface area contributed by atoms with Crippen LogP contribution in [-0.4, -0.2) is 12.5 Å². The van der Waals surface area contributed by atoms with Gasteiger partial charge in [0.2, 0.25) is 0 Å². The predicted molar refractivity (Wildman–Crippen MR) is 104 cm³/mol. The Bertz CT molecular complexity index is 790. The highest BCUT2D eigenvalue weighted by Gasteiger charge is 2.20. The second-order valence-electron chi connectivity index (χ2n) is 5.63. The van der Waals surface area contributed by atoms with Crippen LogP contribution in [0.2, 0.25) is 0 Å². The summed E-state index contributed by atoms with van der Waals surface area (Å²) in [6.07, 6.45) is 0. The molecule has 25 heavy (non-hydrogen) atoms. The number of nitrogens with one attached hydrogen (secondary N) is 1. The Morgan fingerprint density at radius 2 is 1.20 bits per heavy atom. The molecule has 0 radical (unpaired) electrons. The Morgan fingerprint density at radius 1 is 0.760 bits per heavy atom. The summed E-state index contributed by atoms with van der Waals surface area (Å²) in [5.41, 5.74) is 3.10. The molecule has 0 aliphatic rings. The monoisotopic (exact) mass is 328 g/mol. The van der Waals surface area contributed by atoms with Crippen LogP contribution in [0.5, 0.6) is 0 Å². The van der Waals surface area contributed by atoms with Gasteiger partial charge in [0.1, 0.15) is 0 Å². The molecule has 0 saturated carbocycles. The van der Waals surface area contributed by atoms with Gasteiger partial charge in [-0.2, -0.15) is 0 Å². The third-order valence-corrected chi connectivity index (χ3v) is 3.81. The molecule has 0 bridgehead atoms. The highest BCUT2D eigenvalue weighted by Crippen LogP contribution is 2.26. The molecule has 0 aliphatic heterocycles. The lowest BCUT2D eigenvalue weighted by Crippen LogP contribution is -2.29. The Balaban J connectivity index is 1.81. The van der Waals surface area contributed by atoms with Gasteiger partial charge in [-0.05, 0) is 36.4 Å². The van der Waals surface area contributed by atoms with Crippen LogP contribution in [0.25, 0.3) is 0 Å². The van der Waals surface area contributed by atoms with Crippen LogP contribution < -0.4 is 10.2 Å². The van der Waals surface area contributed by atoms with E-state index >= 15 is 0 Å². The Hall–Kier alpha value is -3.33. The molecule has 124 valence electrons. The SMILES string of the molecule is C=C(CNc1ccccc1)C(=O)N(c1ccccc1)c1ccccc1. The van der Waals surface area contributed by atoms with Gasteiger partial charge in [0.25, 0.3) is 5.91 Å². The minimum absolute atomic E-state index is 0.124. The Labute approximate surface area is 148 Å². The van der Waals surface area contributed by atoms with E-state index in [0.717, 1.165) is 17.1 Å². The Kier molecular flexibility index (Phi) is 5.27. The number of para-hydroxylation sites is 3. The number of amides is 1. The van der Waals surface area contributed by atoms with Gasteiger partial charge < -0.3 is 5.32 Å². The van der Waals surface area contributed by atoms with Crippen molar-refractivity contribution < 1.29 is 4.79 Å². The first-order chi connectivity index (χ1) is 12.3. The molecule has 0 heterocycles. The van der Waals surface area contributed by atoms with E-state index in [2.05, 4.69) is 11.9 Å². The summed E-state index contributed by atoms with van der Waals surface area (Å²) in [7, 11) is 0. The summed E-state index contributed by atoms with van der Waals surface area (Å²) in [5, 5.41) is 3.24. The molecule has 0 aromatic heterocycles. The lowest BCUT2D eigenvalue weighted by atomic mass is 10.1. The summed E-state index contributed by atoms with van der Waals surface area (Å²) in [5.74, 6) is -0.124. The molecule has 0 spiro atoms. The summed E-state index contributed by atoms with van der Waals surface area (Å²) in [6.45, 7) is 4.38. The van der Waals surface area contributed by atoms with E-state index in [1.807, 2.05) is 91.0 Å². The maximum atomic E-state index is 13.1. The first-order valence-corrected chi connectivity index (χ1v) is 8.17. The Morgan fingerprint density at radius 3 is 1.68 bits per heavy atom. The van der Waals surface area contributed by atoms with Crippen molar-refractivity contribution in [1.82, 2.24) is 0 Å². The van der Waals surface area contributed by atoms with Gasteiger partial charge in [-0.15, -0.1) is 0 Å². The standard InChI is InChI=1S/C22H20N2O/c1-18(17-23-19-11-5-2-6-12-19)22(25)24(20-13-7-3-8-14-20)21-15-9-4-10-16-21/h2-16,23H,1,17H2. The van der Waals surface area contributed by atoms with Crippen LogP contribution in [-0.2, 0) is 4.79 Å². The molecule has 0 aliphatic carbocycles. The van der Waals surface area contributed by atoms with Crippen molar-refractivity contribution in [2.45, 2.75) is 0 Å². The number of rotatable bonds is 6. The number of nitrogens with zero attached hydrogens (tertiary/aromatic N) is 1. The summed E-state index contributed by atoms with van der Waals surface area (Å²) < 4.78 is 0. The molecule has 0 unspecified atom stereocenters. The van der Waals surface area contributed by atoms with Crippen LogP contribution in [0.15, 0.2) is 103 Å². The van der Waals surface area contributed by atoms with Crippen molar-refractivity contribution in [2.24, 2.45) is 0 Å². The van der Waals surface area contributed by atoms with Gasteiger partial charge in [0, 0.05) is 29.2 Å². The van der Waals surface area contributed by atoms with E-state index in [-0.39, 0.29) is 5.91 Å². The smallest absolute Gasteiger partial charge is 0.259 e. The number of hydrogen-bond acceptors (Lipinski definition) is 2. The minimum Gasteiger partial charge on any atom is -0.381 e. The molecule has 3 aromatic rings. The van der Waals surface area contributed by atoms with E-state index in [1.54, 1.807) is 4.90 Å². The summed E-state index contributed by atoms with van der Waals surface area (Å²) in [6, 6.07) is 29.0. The van der Waals surface area contributed by atoms with Crippen LogP contribution >= 0.6 is 0 Å². The largest absolute Gasteiger partial charge is 0.381 e. The van der Waals surface area contributed by atoms with Gasteiger partial charge in [0.05, 0.1) is 0 Å². The molecule has 1 N–H and O–H groups in total. The molecular weight excluding hydrogens is 308 g/mol. The molecule has 0 saturated heterocycles. The average molecular weight is 328 g/mol. The molecule has 1 amide bonds. The van der Waals surface area contributed by atoms with Gasteiger partial charge >= 0.3 is 0 Å². The number of hydrogen-bond donors (Lipinski definition) is 1. The van der Waals surface area contributed by atoms with Crippen molar-refractivity contribution in [2.75, 3.05) is 16.8 Å². The lowest BCUT2D eigenvalue weighted by Gasteiger charge is -2.24. The molecule has 0 atom stereocenters. The maximum absolute atomic E-state index is 13.1. The number of carbonyl (C=O) groups excluding carboxylic acids is 1. The molecular formula is C22H20N2O. The normalized spacial score (nSPS) is 10.1. The van der Waals surface area contributed by atoms with Crippen molar-refractivity contribution in [3.63, 3.8) is 0 Å². The fourth-order valence-corrected chi connectivity index (χ4v) is 2.54. The zero-order valence-corrected chi connectivity index (χ0v) is 13.9. The van der Waals surface area contributed by atoms with Gasteiger partial charge in [-0.25, -0.2) is 0 Å². The first kappa shape index (κ1) is 16.5. The van der Waals surface area contributed by atoms with E-state index in [4.69, 9.17) is 0 Å². The third-order valence-electron chi connectivity index (χ3n) is 3.81. The molecule has 3 aromatic carbocycles. The van der Waals surface area contributed by atoms with E-state index in [9.17, 15) is 4.79 Å². The summed E-state index contributed by atoms with van der Waals surface area (Å²) in [4.78, 5) is 14.7. The zero-order chi connectivity index (χ0) is 17.5. The van der Waals surface area contributed by atoms with Crippen molar-refractivity contribution >= 4 is 23.0 Å². The molecule has 3 nitrogen and oxygen atoms in total. The molecule has 0 fully saturated rings. The van der Waals surface area contributed by atoms with E-state index < -0.39 is 0 Å². The molecule has 3 heteroatoms. The number of carbonyl (C=O) groups is 1. The first-order valence-electron chi connectivity index (χ1n) is 8.17. The summed E-state index contributed by atoms with van der Waals surface area (Å²) >= 11 is 0. The second kappa shape index (κ2) is 7.97. The van der Waals surface area contributed by atoms with Crippen LogP contribution in [0.4, 0.5) is 17.1 Å². The van der Waals surface area contributed by atoms with Crippen LogP contribution in [0.3, 0.4) is 0 Å². The van der Waals surface area contributed by atoms with Crippen LogP contribution in [0.1, 0.15) is 0 Å². The lowest BCUT2D eigenvalue weighted by molar-refractivity contribution is -0.114. The predicted octanol–water partition coefficient (Wildman–Crippen LogP) is 5.02. The molecule has 3 rings (SSSR count). The highest BCUT2D eigenvalue weighted by atomic mass is 16.2. The fraction of sp³-hybridized carbons (Fsp3) is 0.0455. The zero-order valence-electron chi connectivity index (χ0n) is 13.9. The van der Waals surface area contributed by atoms with E-state index in [1.165, 1.54) is 0 Å². The average Bonchev–Trinajstić information content (AvgIpc) is 2.69. The van der Waals surface area contributed by atoms with Gasteiger partial charge in [-0.3, -0.25) is 9.69 Å². The second-order valence-corrected chi connectivity index (χ2v) is 5.63. The maximum Gasteiger partial charge on any atom is 0.259 e. The highest BCUT2D eigenvalue weighted by molar-refractivity contribution is 6.10. The van der Waals surface area contributed by atoms with Gasteiger partial charge in [0.15, 0.2) is 0 Å². The number of benzene rings is 3. The fourth-order valence-electron chi connectivity index (χ4n) is 2.54. The minimum atomic E-state index is -0.124. The number of anilines is 3. The van der Waals surface area contributed by atoms with Crippen molar-refractivity contribution in [1.29, 1.82) is 0 Å². The van der Waals surface area contributed by atoms with E-state index in [0.29, 0.717) is 12.1 Å².